The molecule has 0 radical (unpaired) electrons. The summed E-state index contributed by atoms with van der Waals surface area (Å²) in [7, 11) is 0. The molecule has 8 heteroatoms. The van der Waals surface area contributed by atoms with Gasteiger partial charge in [-0.2, -0.15) is 0 Å². The van der Waals surface area contributed by atoms with E-state index in [1.807, 2.05) is 12.1 Å². The molecule has 0 atom stereocenters. The van der Waals surface area contributed by atoms with E-state index in [4.69, 9.17) is 11.1 Å². The second kappa shape index (κ2) is 9.20. The van der Waals surface area contributed by atoms with Crippen molar-refractivity contribution < 1.29 is 13.6 Å². The highest BCUT2D eigenvalue weighted by molar-refractivity contribution is 6.10. The van der Waals surface area contributed by atoms with E-state index in [1.54, 1.807) is 35.5 Å². The maximum atomic E-state index is 12.6. The van der Waals surface area contributed by atoms with Crippen molar-refractivity contribution >= 4 is 29.5 Å². The lowest BCUT2D eigenvalue weighted by Crippen LogP contribution is -2.22. The van der Waals surface area contributed by atoms with Crippen molar-refractivity contribution in [2.75, 3.05) is 11.9 Å². The Morgan fingerprint density at radius 3 is 2.83 bits per heavy atom. The molecule has 29 heavy (non-hydrogen) atoms. The Kier molecular flexibility index (Phi) is 6.46. The Morgan fingerprint density at radius 2 is 2.10 bits per heavy atom. The molecular weight excluding hydrogens is 376 g/mol. The van der Waals surface area contributed by atoms with Crippen molar-refractivity contribution in [2.45, 2.75) is 19.5 Å². The summed E-state index contributed by atoms with van der Waals surface area (Å²) in [4.78, 5) is 18.0. The summed E-state index contributed by atoms with van der Waals surface area (Å²) in [6.07, 6.45) is 6.22. The van der Waals surface area contributed by atoms with E-state index in [9.17, 15) is 13.6 Å². The number of aromatic nitrogens is 1. The average Bonchev–Trinajstić information content (AvgIpc) is 3.09. The molecule has 2 heterocycles. The van der Waals surface area contributed by atoms with Gasteiger partial charge in [0.05, 0.1) is 6.54 Å². The Bertz CT molecular complexity index is 971. The lowest BCUT2D eigenvalue weighted by molar-refractivity contribution is -0.111. The number of amides is 1. The topological polar surface area (TPSA) is 95.1 Å². The molecule has 2 aromatic rings. The SMILES string of the molecule is N=CC(=CN)c1ccncc1/C=C/C(=O)Nc1ccc2c(c1)CN(CC(F)F)C2. The minimum atomic E-state index is -2.37. The number of rotatable bonds is 7. The van der Waals surface area contributed by atoms with Crippen LogP contribution in [0.4, 0.5) is 14.5 Å². The summed E-state index contributed by atoms with van der Waals surface area (Å²) >= 11 is 0. The quantitative estimate of drug-likeness (QED) is 0.494. The summed E-state index contributed by atoms with van der Waals surface area (Å²) in [5.41, 5.74) is 9.93. The van der Waals surface area contributed by atoms with Crippen molar-refractivity contribution in [3.63, 3.8) is 0 Å². The van der Waals surface area contributed by atoms with E-state index in [0.717, 1.165) is 17.3 Å². The highest BCUT2D eigenvalue weighted by Crippen LogP contribution is 2.26. The lowest BCUT2D eigenvalue weighted by atomic mass is 10.0. The molecule has 0 saturated heterocycles. The number of halogens is 2. The van der Waals surface area contributed by atoms with Crippen molar-refractivity contribution in [2.24, 2.45) is 5.73 Å². The molecule has 6 nitrogen and oxygen atoms in total. The van der Waals surface area contributed by atoms with E-state index in [2.05, 4.69) is 10.3 Å². The standard InChI is InChI=1S/C21H21F2N5O/c22-20(23)13-28-11-15-1-3-18(7-16(15)12-28)27-21(29)4-2-14-10-26-6-5-19(14)17(8-24)9-25/h1-10,20,24H,11-13,25H2,(H,27,29)/b4-2+,17-9?,24-8?. The van der Waals surface area contributed by atoms with Gasteiger partial charge in [0.2, 0.25) is 5.91 Å². The van der Waals surface area contributed by atoms with Crippen LogP contribution in [0.15, 0.2) is 48.9 Å². The number of nitrogens with one attached hydrogen (secondary N) is 2. The Hall–Kier alpha value is -3.39. The number of alkyl halides is 2. The highest BCUT2D eigenvalue weighted by Gasteiger charge is 2.21. The number of carbonyl (C=O) groups excluding carboxylic acids is 1. The van der Waals surface area contributed by atoms with Gasteiger partial charge in [0.15, 0.2) is 0 Å². The Balaban J connectivity index is 1.68. The molecule has 150 valence electrons. The van der Waals surface area contributed by atoms with Crippen molar-refractivity contribution in [1.82, 2.24) is 9.88 Å². The van der Waals surface area contributed by atoms with Crippen LogP contribution in [-0.4, -0.2) is 35.0 Å². The zero-order chi connectivity index (χ0) is 20.8. The predicted molar refractivity (Wildman–Crippen MR) is 109 cm³/mol. The van der Waals surface area contributed by atoms with Gasteiger partial charge in [0, 0.05) is 60.8 Å². The largest absolute Gasteiger partial charge is 0.404 e. The van der Waals surface area contributed by atoms with Crippen LogP contribution in [0.25, 0.3) is 11.6 Å². The second-order valence-corrected chi connectivity index (χ2v) is 6.60. The molecule has 3 rings (SSSR count). The Morgan fingerprint density at radius 1 is 1.31 bits per heavy atom. The molecule has 4 N–H and O–H groups in total. The lowest BCUT2D eigenvalue weighted by Gasteiger charge is -2.12. The van der Waals surface area contributed by atoms with Crippen LogP contribution in [-0.2, 0) is 17.9 Å². The molecule has 1 aliphatic rings. The number of nitrogens with zero attached hydrogens (tertiary/aromatic N) is 2. The normalized spacial score (nSPS) is 14.4. The third-order valence-corrected chi connectivity index (χ3v) is 4.57. The number of allylic oxidation sites excluding steroid dienone is 1. The molecule has 1 aromatic heterocycles. The first-order valence-corrected chi connectivity index (χ1v) is 8.98. The number of nitrogens with two attached hydrogens (primary N) is 1. The maximum Gasteiger partial charge on any atom is 0.251 e. The fraction of sp³-hybridized carbons (Fsp3) is 0.190. The zero-order valence-electron chi connectivity index (χ0n) is 15.6. The van der Waals surface area contributed by atoms with Gasteiger partial charge in [0.25, 0.3) is 6.43 Å². The molecule has 0 bridgehead atoms. The van der Waals surface area contributed by atoms with Crippen LogP contribution in [0.2, 0.25) is 0 Å². The van der Waals surface area contributed by atoms with Crippen molar-refractivity contribution in [3.05, 3.63) is 71.2 Å². The minimum absolute atomic E-state index is 0.262. The van der Waals surface area contributed by atoms with Crippen LogP contribution in [0.1, 0.15) is 22.3 Å². The van der Waals surface area contributed by atoms with E-state index in [1.165, 1.54) is 12.3 Å². The molecule has 1 aliphatic heterocycles. The molecular formula is C21H21F2N5O. The van der Waals surface area contributed by atoms with Gasteiger partial charge in [0.1, 0.15) is 0 Å². The monoisotopic (exact) mass is 397 g/mol. The number of pyridine rings is 1. The van der Waals surface area contributed by atoms with Crippen LogP contribution in [0.3, 0.4) is 0 Å². The summed E-state index contributed by atoms with van der Waals surface area (Å²) in [5.74, 6) is -0.338. The van der Waals surface area contributed by atoms with E-state index < -0.39 is 6.43 Å². The van der Waals surface area contributed by atoms with Crippen molar-refractivity contribution in [3.8, 4) is 0 Å². The van der Waals surface area contributed by atoms with Crippen molar-refractivity contribution in [1.29, 1.82) is 5.41 Å². The van der Waals surface area contributed by atoms with Gasteiger partial charge in [-0.25, -0.2) is 8.78 Å². The van der Waals surface area contributed by atoms with Gasteiger partial charge in [-0.05, 0) is 41.0 Å². The molecule has 0 aliphatic carbocycles. The third-order valence-electron chi connectivity index (χ3n) is 4.57. The van der Waals surface area contributed by atoms with E-state index in [-0.39, 0.29) is 12.5 Å². The van der Waals surface area contributed by atoms with Gasteiger partial charge in [-0.1, -0.05) is 6.07 Å². The summed E-state index contributed by atoms with van der Waals surface area (Å²) < 4.78 is 25.2. The van der Waals surface area contributed by atoms with Gasteiger partial charge < -0.3 is 16.5 Å². The molecule has 0 fully saturated rings. The van der Waals surface area contributed by atoms with Gasteiger partial charge in [-0.15, -0.1) is 0 Å². The fourth-order valence-electron chi connectivity index (χ4n) is 3.23. The number of hydrogen-bond acceptors (Lipinski definition) is 5. The Labute approximate surface area is 167 Å². The number of hydrogen-bond donors (Lipinski definition) is 3. The zero-order valence-corrected chi connectivity index (χ0v) is 15.6. The summed E-state index contributed by atoms with van der Waals surface area (Å²) in [6.45, 7) is 0.666. The average molecular weight is 397 g/mol. The fourth-order valence-corrected chi connectivity index (χ4v) is 3.23. The molecule has 1 aromatic carbocycles. The molecule has 0 unspecified atom stereocenters. The number of benzene rings is 1. The molecule has 0 saturated carbocycles. The van der Waals surface area contributed by atoms with Crippen LogP contribution in [0, 0.1) is 5.41 Å². The van der Waals surface area contributed by atoms with Crippen LogP contribution in [0.5, 0.6) is 0 Å². The molecule has 1 amide bonds. The van der Waals surface area contributed by atoms with Gasteiger partial charge >= 0.3 is 0 Å². The highest BCUT2D eigenvalue weighted by atomic mass is 19.3. The number of fused-ring (bicyclic) bond motifs is 1. The number of carbonyl (C=O) groups is 1. The first-order chi connectivity index (χ1) is 14.0. The van der Waals surface area contributed by atoms with Crippen LogP contribution < -0.4 is 11.1 Å². The molecule has 0 spiro atoms. The summed E-state index contributed by atoms with van der Waals surface area (Å²) in [5, 5.41) is 10.2. The van der Waals surface area contributed by atoms with Gasteiger partial charge in [-0.3, -0.25) is 14.7 Å². The first kappa shape index (κ1) is 20.3. The smallest absolute Gasteiger partial charge is 0.251 e. The number of anilines is 1. The second-order valence-electron chi connectivity index (χ2n) is 6.60. The first-order valence-electron chi connectivity index (χ1n) is 8.98. The van der Waals surface area contributed by atoms with E-state index >= 15 is 0 Å². The third kappa shape index (κ3) is 5.11. The maximum absolute atomic E-state index is 12.6. The van der Waals surface area contributed by atoms with E-state index in [0.29, 0.717) is 35.5 Å². The minimum Gasteiger partial charge on any atom is -0.404 e. The van der Waals surface area contributed by atoms with Crippen LogP contribution >= 0.6 is 0 Å². The predicted octanol–water partition coefficient (Wildman–Crippen LogP) is 3.26. The summed E-state index contributed by atoms with van der Waals surface area (Å²) in [6, 6.07) is 7.14.